The minimum absolute atomic E-state index is 0.408. The van der Waals surface area contributed by atoms with E-state index in [2.05, 4.69) is 50.5 Å². The zero-order chi connectivity index (χ0) is 14.2. The largest absolute Gasteiger partial charge is 0.490 e. The second-order valence-corrected chi connectivity index (χ2v) is 6.85. The van der Waals surface area contributed by atoms with Gasteiger partial charge in [0, 0.05) is 17.9 Å². The second-order valence-electron chi connectivity index (χ2n) is 6.85. The van der Waals surface area contributed by atoms with Crippen LogP contribution < -0.4 is 10.1 Å². The lowest BCUT2D eigenvalue weighted by molar-refractivity contribution is -0.0736. The number of rotatable bonds is 4. The summed E-state index contributed by atoms with van der Waals surface area (Å²) in [6, 6.07) is 9.35. The van der Waals surface area contributed by atoms with Crippen molar-refractivity contribution in [2.45, 2.75) is 64.0 Å². The molecule has 2 aliphatic rings. The SMILES string of the molecule is CNC1CC(Oc2ccc(C(C)C)cc2)C12CCCC2. The summed E-state index contributed by atoms with van der Waals surface area (Å²) in [5, 5.41) is 3.49. The second kappa shape index (κ2) is 5.40. The Kier molecular flexibility index (Phi) is 3.76. The zero-order valence-corrected chi connectivity index (χ0v) is 13.0. The van der Waals surface area contributed by atoms with E-state index >= 15 is 0 Å². The summed E-state index contributed by atoms with van der Waals surface area (Å²) in [4.78, 5) is 0. The van der Waals surface area contributed by atoms with E-state index in [4.69, 9.17) is 4.74 Å². The standard InChI is InChI=1S/C18H27NO/c1-13(2)14-6-8-15(9-7-14)20-17-12-16(19-3)18(17)10-4-5-11-18/h6-9,13,16-17,19H,4-5,10-12H2,1-3H3. The molecule has 0 heterocycles. The topological polar surface area (TPSA) is 21.3 Å². The fourth-order valence-corrected chi connectivity index (χ4v) is 4.12. The average molecular weight is 273 g/mol. The van der Waals surface area contributed by atoms with Gasteiger partial charge in [0.1, 0.15) is 11.9 Å². The Morgan fingerprint density at radius 3 is 2.35 bits per heavy atom. The molecule has 0 aromatic heterocycles. The Hall–Kier alpha value is -1.02. The summed E-state index contributed by atoms with van der Waals surface area (Å²) in [5.74, 6) is 1.63. The maximum absolute atomic E-state index is 6.31. The van der Waals surface area contributed by atoms with Gasteiger partial charge in [-0.2, -0.15) is 0 Å². The fourth-order valence-electron chi connectivity index (χ4n) is 4.12. The molecule has 1 aromatic carbocycles. The third kappa shape index (κ3) is 2.24. The molecule has 2 aliphatic carbocycles. The van der Waals surface area contributed by atoms with Crippen molar-refractivity contribution in [1.29, 1.82) is 0 Å². The molecular formula is C18H27NO. The van der Waals surface area contributed by atoms with Crippen molar-refractivity contribution >= 4 is 0 Å². The first-order valence-corrected chi connectivity index (χ1v) is 8.09. The van der Waals surface area contributed by atoms with Gasteiger partial charge in [0.05, 0.1) is 0 Å². The fraction of sp³-hybridized carbons (Fsp3) is 0.667. The molecule has 0 radical (unpaired) electrons. The van der Waals surface area contributed by atoms with Gasteiger partial charge in [0.2, 0.25) is 0 Å². The molecule has 0 aliphatic heterocycles. The van der Waals surface area contributed by atoms with Crippen molar-refractivity contribution < 1.29 is 4.74 Å². The first-order chi connectivity index (χ1) is 9.65. The van der Waals surface area contributed by atoms with Crippen LogP contribution in [-0.2, 0) is 0 Å². The quantitative estimate of drug-likeness (QED) is 0.891. The van der Waals surface area contributed by atoms with Crippen molar-refractivity contribution in [1.82, 2.24) is 5.32 Å². The first-order valence-electron chi connectivity index (χ1n) is 8.09. The van der Waals surface area contributed by atoms with Gasteiger partial charge in [0.25, 0.3) is 0 Å². The molecule has 3 rings (SSSR count). The molecule has 0 bridgehead atoms. The van der Waals surface area contributed by atoms with Crippen LogP contribution in [0.15, 0.2) is 24.3 Å². The molecule has 0 amide bonds. The first kappa shape index (κ1) is 13.9. The zero-order valence-electron chi connectivity index (χ0n) is 13.0. The molecular weight excluding hydrogens is 246 g/mol. The lowest BCUT2D eigenvalue weighted by Crippen LogP contribution is -2.63. The Morgan fingerprint density at radius 2 is 1.80 bits per heavy atom. The molecule has 2 fully saturated rings. The Morgan fingerprint density at radius 1 is 1.15 bits per heavy atom. The highest BCUT2D eigenvalue weighted by molar-refractivity contribution is 5.30. The van der Waals surface area contributed by atoms with Crippen molar-refractivity contribution in [3.8, 4) is 5.75 Å². The maximum Gasteiger partial charge on any atom is 0.119 e. The number of ether oxygens (including phenoxy) is 1. The molecule has 110 valence electrons. The number of hydrogen-bond acceptors (Lipinski definition) is 2. The van der Waals surface area contributed by atoms with Gasteiger partial charge in [0.15, 0.2) is 0 Å². The van der Waals surface area contributed by atoms with Crippen LogP contribution in [0.3, 0.4) is 0 Å². The average Bonchev–Trinajstić information content (AvgIpc) is 2.96. The Bertz CT molecular complexity index is 445. The van der Waals surface area contributed by atoms with Gasteiger partial charge in [-0.25, -0.2) is 0 Å². The lowest BCUT2D eigenvalue weighted by atomic mass is 9.60. The van der Waals surface area contributed by atoms with Crippen molar-refractivity contribution in [2.24, 2.45) is 5.41 Å². The monoisotopic (exact) mass is 273 g/mol. The molecule has 0 saturated heterocycles. The highest BCUT2D eigenvalue weighted by Gasteiger charge is 2.56. The van der Waals surface area contributed by atoms with Crippen LogP contribution >= 0.6 is 0 Å². The molecule has 1 N–H and O–H groups in total. The van der Waals surface area contributed by atoms with Crippen LogP contribution in [0.5, 0.6) is 5.75 Å². The van der Waals surface area contributed by atoms with E-state index in [0.29, 0.717) is 23.5 Å². The van der Waals surface area contributed by atoms with E-state index in [9.17, 15) is 0 Å². The summed E-state index contributed by atoms with van der Waals surface area (Å²) in [7, 11) is 2.10. The highest BCUT2D eigenvalue weighted by atomic mass is 16.5. The summed E-state index contributed by atoms with van der Waals surface area (Å²) >= 11 is 0. The summed E-state index contributed by atoms with van der Waals surface area (Å²) in [6.07, 6.45) is 6.95. The summed E-state index contributed by atoms with van der Waals surface area (Å²) < 4.78 is 6.31. The van der Waals surface area contributed by atoms with Crippen molar-refractivity contribution in [3.05, 3.63) is 29.8 Å². The van der Waals surface area contributed by atoms with Gasteiger partial charge in [-0.1, -0.05) is 38.8 Å². The van der Waals surface area contributed by atoms with Gasteiger partial charge >= 0.3 is 0 Å². The number of nitrogens with one attached hydrogen (secondary N) is 1. The van der Waals surface area contributed by atoms with E-state index in [1.807, 2.05) is 0 Å². The van der Waals surface area contributed by atoms with E-state index < -0.39 is 0 Å². The minimum atomic E-state index is 0.408. The van der Waals surface area contributed by atoms with Crippen LogP contribution in [0.1, 0.15) is 57.4 Å². The van der Waals surface area contributed by atoms with Crippen molar-refractivity contribution in [2.75, 3.05) is 7.05 Å². The molecule has 1 aromatic rings. The van der Waals surface area contributed by atoms with Crippen LogP contribution in [0.25, 0.3) is 0 Å². The molecule has 2 nitrogen and oxygen atoms in total. The van der Waals surface area contributed by atoms with Crippen LogP contribution in [0, 0.1) is 5.41 Å². The highest BCUT2D eigenvalue weighted by Crippen LogP contribution is 2.54. The maximum atomic E-state index is 6.31. The Labute approximate surface area is 122 Å². The molecule has 2 heteroatoms. The number of hydrogen-bond donors (Lipinski definition) is 1. The Balaban J connectivity index is 1.69. The smallest absolute Gasteiger partial charge is 0.119 e. The summed E-state index contributed by atoms with van der Waals surface area (Å²) in [5.41, 5.74) is 1.79. The summed E-state index contributed by atoms with van der Waals surface area (Å²) in [6.45, 7) is 4.46. The van der Waals surface area contributed by atoms with Crippen LogP contribution in [0.2, 0.25) is 0 Å². The normalized spacial score (nSPS) is 27.8. The lowest BCUT2D eigenvalue weighted by Gasteiger charge is -2.53. The molecule has 2 saturated carbocycles. The van der Waals surface area contributed by atoms with Gasteiger partial charge in [-0.05, 0) is 43.5 Å². The van der Waals surface area contributed by atoms with Crippen LogP contribution in [0.4, 0.5) is 0 Å². The van der Waals surface area contributed by atoms with E-state index in [1.165, 1.54) is 31.2 Å². The van der Waals surface area contributed by atoms with Gasteiger partial charge in [-0.3, -0.25) is 0 Å². The predicted octanol–water partition coefficient (Wildman–Crippen LogP) is 4.11. The minimum Gasteiger partial charge on any atom is -0.490 e. The molecule has 20 heavy (non-hydrogen) atoms. The van der Waals surface area contributed by atoms with Gasteiger partial charge < -0.3 is 10.1 Å². The van der Waals surface area contributed by atoms with E-state index in [-0.39, 0.29) is 0 Å². The van der Waals surface area contributed by atoms with Crippen molar-refractivity contribution in [3.63, 3.8) is 0 Å². The molecule has 2 unspecified atom stereocenters. The van der Waals surface area contributed by atoms with Gasteiger partial charge in [-0.15, -0.1) is 0 Å². The predicted molar refractivity (Wildman–Crippen MR) is 83.3 cm³/mol. The van der Waals surface area contributed by atoms with E-state index in [0.717, 1.165) is 12.2 Å². The molecule has 1 spiro atoms. The number of benzene rings is 1. The third-order valence-corrected chi connectivity index (χ3v) is 5.49. The van der Waals surface area contributed by atoms with E-state index in [1.54, 1.807) is 0 Å². The molecule has 2 atom stereocenters. The van der Waals surface area contributed by atoms with Crippen LogP contribution in [-0.4, -0.2) is 19.2 Å². The third-order valence-electron chi connectivity index (χ3n) is 5.49.